The second-order valence-electron chi connectivity index (χ2n) is 7.41. The van der Waals surface area contributed by atoms with Gasteiger partial charge in [-0.25, -0.2) is 9.37 Å². The second kappa shape index (κ2) is 7.08. The van der Waals surface area contributed by atoms with Crippen LogP contribution in [0, 0.1) is 19.7 Å². The van der Waals surface area contributed by atoms with Crippen molar-refractivity contribution in [1.82, 2.24) is 19.9 Å². The van der Waals surface area contributed by atoms with E-state index in [0.29, 0.717) is 5.56 Å². The summed E-state index contributed by atoms with van der Waals surface area (Å²) >= 11 is 0. The van der Waals surface area contributed by atoms with Gasteiger partial charge in [0.2, 0.25) is 0 Å². The summed E-state index contributed by atoms with van der Waals surface area (Å²) in [4.78, 5) is 16.1. The van der Waals surface area contributed by atoms with Crippen LogP contribution >= 0.6 is 0 Å². The Hall–Kier alpha value is -3.21. The van der Waals surface area contributed by atoms with E-state index in [1.807, 2.05) is 50.2 Å². The molecule has 4 rings (SSSR count). The quantitative estimate of drug-likeness (QED) is 0.459. The van der Waals surface area contributed by atoms with E-state index in [1.54, 1.807) is 6.07 Å². The highest BCUT2D eigenvalue weighted by molar-refractivity contribution is 5.79. The fraction of sp³-hybridized carbons (Fsp3) is 0.217. The molecular formula is C23H23FN4. The van der Waals surface area contributed by atoms with Gasteiger partial charge in [-0.05, 0) is 56.3 Å². The van der Waals surface area contributed by atoms with Gasteiger partial charge in [-0.15, -0.1) is 0 Å². The van der Waals surface area contributed by atoms with Crippen LogP contribution in [0.25, 0.3) is 33.9 Å². The largest absolute Gasteiger partial charge is 0.359 e. The summed E-state index contributed by atoms with van der Waals surface area (Å²) in [7, 11) is 0. The van der Waals surface area contributed by atoms with Gasteiger partial charge in [0.15, 0.2) is 0 Å². The van der Waals surface area contributed by atoms with Crippen LogP contribution in [0.3, 0.4) is 0 Å². The predicted octanol–water partition coefficient (Wildman–Crippen LogP) is 6.01. The number of nitrogens with zero attached hydrogens (tertiary/aromatic N) is 2. The first kappa shape index (κ1) is 18.2. The lowest BCUT2D eigenvalue weighted by molar-refractivity contribution is 0.631. The Morgan fingerprint density at radius 3 is 2.43 bits per heavy atom. The summed E-state index contributed by atoms with van der Waals surface area (Å²) in [5.41, 5.74) is 6.53. The molecular weight excluding hydrogens is 351 g/mol. The number of hydrogen-bond acceptors (Lipinski definition) is 2. The molecule has 0 aliphatic heterocycles. The van der Waals surface area contributed by atoms with Crippen molar-refractivity contribution in [2.75, 3.05) is 0 Å². The van der Waals surface area contributed by atoms with Gasteiger partial charge >= 0.3 is 0 Å². The number of aryl methyl sites for hydroxylation is 2. The first-order valence-electron chi connectivity index (χ1n) is 9.42. The van der Waals surface area contributed by atoms with E-state index < -0.39 is 0 Å². The van der Waals surface area contributed by atoms with E-state index >= 15 is 0 Å². The topological polar surface area (TPSA) is 57.4 Å². The van der Waals surface area contributed by atoms with Crippen molar-refractivity contribution in [3.8, 4) is 33.9 Å². The molecule has 0 spiro atoms. The molecule has 0 atom stereocenters. The van der Waals surface area contributed by atoms with Crippen LogP contribution in [0.5, 0.6) is 0 Å². The fourth-order valence-corrected chi connectivity index (χ4v) is 3.28. The molecule has 5 heteroatoms. The van der Waals surface area contributed by atoms with Crippen LogP contribution in [0.1, 0.15) is 37.0 Å². The number of rotatable bonds is 4. The normalized spacial score (nSPS) is 11.4. The third kappa shape index (κ3) is 3.36. The number of halogens is 1. The molecule has 0 radical (unpaired) electrons. The zero-order chi connectivity index (χ0) is 19.8. The zero-order valence-corrected chi connectivity index (χ0v) is 16.5. The summed E-state index contributed by atoms with van der Waals surface area (Å²) in [5, 5.41) is 0. The molecule has 1 aromatic carbocycles. The molecule has 0 saturated carbocycles. The van der Waals surface area contributed by atoms with Gasteiger partial charge in [0.1, 0.15) is 11.6 Å². The van der Waals surface area contributed by atoms with Crippen molar-refractivity contribution in [2.24, 2.45) is 0 Å². The molecule has 0 bridgehead atoms. The lowest BCUT2D eigenvalue weighted by Crippen LogP contribution is -1.91. The zero-order valence-electron chi connectivity index (χ0n) is 16.5. The van der Waals surface area contributed by atoms with E-state index in [9.17, 15) is 4.39 Å². The average molecular weight is 374 g/mol. The van der Waals surface area contributed by atoms with E-state index in [1.165, 1.54) is 6.07 Å². The summed E-state index contributed by atoms with van der Waals surface area (Å²) in [6.07, 6.45) is 0. The fourth-order valence-electron chi connectivity index (χ4n) is 3.28. The van der Waals surface area contributed by atoms with Crippen molar-refractivity contribution in [3.63, 3.8) is 0 Å². The molecule has 0 saturated heterocycles. The predicted molar refractivity (Wildman–Crippen MR) is 111 cm³/mol. The smallest absolute Gasteiger partial charge is 0.132 e. The number of aromatic nitrogens is 4. The molecule has 2 N–H and O–H groups in total. The van der Waals surface area contributed by atoms with E-state index in [0.717, 1.165) is 45.6 Å². The van der Waals surface area contributed by atoms with Gasteiger partial charge < -0.3 is 9.97 Å². The summed E-state index contributed by atoms with van der Waals surface area (Å²) in [6.45, 7) is 8.10. The second-order valence-corrected chi connectivity index (χ2v) is 7.41. The van der Waals surface area contributed by atoms with Crippen molar-refractivity contribution in [1.29, 1.82) is 0 Å². The Bertz CT molecular complexity index is 1140. The number of benzene rings is 1. The van der Waals surface area contributed by atoms with Gasteiger partial charge in [0.25, 0.3) is 0 Å². The van der Waals surface area contributed by atoms with E-state index in [-0.39, 0.29) is 11.7 Å². The lowest BCUT2D eigenvalue weighted by Gasteiger charge is -2.07. The number of pyridine rings is 1. The Balaban J connectivity index is 1.89. The van der Waals surface area contributed by atoms with Gasteiger partial charge in [0, 0.05) is 34.1 Å². The maximum Gasteiger partial charge on any atom is 0.132 e. The van der Waals surface area contributed by atoms with Gasteiger partial charge in [-0.3, -0.25) is 4.98 Å². The third-order valence-electron chi connectivity index (χ3n) is 4.78. The van der Waals surface area contributed by atoms with E-state index in [4.69, 9.17) is 4.98 Å². The van der Waals surface area contributed by atoms with Crippen molar-refractivity contribution < 1.29 is 4.39 Å². The third-order valence-corrected chi connectivity index (χ3v) is 4.78. The van der Waals surface area contributed by atoms with Crippen LogP contribution in [0.2, 0.25) is 0 Å². The van der Waals surface area contributed by atoms with Gasteiger partial charge in [0.05, 0.1) is 17.1 Å². The minimum Gasteiger partial charge on any atom is -0.359 e. The molecule has 3 aromatic heterocycles. The minimum absolute atomic E-state index is 0.239. The first-order valence-corrected chi connectivity index (χ1v) is 9.42. The van der Waals surface area contributed by atoms with Gasteiger partial charge in [-0.1, -0.05) is 19.9 Å². The lowest BCUT2D eigenvalue weighted by atomic mass is 10.0. The number of imidazole rings is 1. The monoisotopic (exact) mass is 374 g/mol. The Kier molecular flexibility index (Phi) is 4.59. The highest BCUT2D eigenvalue weighted by Gasteiger charge is 2.18. The van der Waals surface area contributed by atoms with Gasteiger partial charge in [-0.2, -0.15) is 0 Å². The molecule has 28 heavy (non-hydrogen) atoms. The highest BCUT2D eigenvalue weighted by Crippen LogP contribution is 2.34. The molecule has 0 unspecified atom stereocenters. The van der Waals surface area contributed by atoms with Crippen LogP contribution in [0.15, 0.2) is 48.5 Å². The molecule has 0 amide bonds. The number of H-pyrrole nitrogens is 2. The highest BCUT2D eigenvalue weighted by atomic mass is 19.1. The molecule has 3 heterocycles. The summed E-state index contributed by atoms with van der Waals surface area (Å²) in [5.74, 6) is 0.860. The maximum atomic E-state index is 14.5. The van der Waals surface area contributed by atoms with Crippen molar-refractivity contribution >= 4 is 0 Å². The summed E-state index contributed by atoms with van der Waals surface area (Å²) < 4.78 is 14.5. The Labute approximate surface area is 163 Å². The number of hydrogen-bond donors (Lipinski definition) is 2. The molecule has 0 fully saturated rings. The van der Waals surface area contributed by atoms with Crippen molar-refractivity contribution in [3.05, 3.63) is 71.6 Å². The molecule has 4 aromatic rings. The molecule has 4 nitrogen and oxygen atoms in total. The number of aromatic amines is 2. The van der Waals surface area contributed by atoms with Crippen LogP contribution in [-0.4, -0.2) is 19.9 Å². The Morgan fingerprint density at radius 2 is 1.75 bits per heavy atom. The van der Waals surface area contributed by atoms with Crippen LogP contribution < -0.4 is 0 Å². The first-order chi connectivity index (χ1) is 13.4. The standard InChI is InChI=1S/C23H23FN4/c1-13(2)23-27-21(22(28-23)20-7-5-6-14(3)26-20)16-9-10-18(24)17(12-16)19-11-8-15(4)25-19/h5-13,25H,1-4H3,(H,27,28). The Morgan fingerprint density at radius 1 is 0.929 bits per heavy atom. The SMILES string of the molecule is Cc1cccc(-c2[nH]c(C(C)C)nc2-c2ccc(F)c(-c3ccc(C)[nH]3)c2)n1. The molecule has 0 aliphatic rings. The van der Waals surface area contributed by atoms with Crippen molar-refractivity contribution in [2.45, 2.75) is 33.6 Å². The number of nitrogens with one attached hydrogen (secondary N) is 2. The van der Waals surface area contributed by atoms with E-state index in [2.05, 4.69) is 28.8 Å². The molecule has 0 aliphatic carbocycles. The van der Waals surface area contributed by atoms with Crippen LogP contribution in [0.4, 0.5) is 4.39 Å². The average Bonchev–Trinajstić information content (AvgIpc) is 3.29. The summed E-state index contributed by atoms with van der Waals surface area (Å²) in [6, 6.07) is 14.9. The minimum atomic E-state index is -0.263. The van der Waals surface area contributed by atoms with Crippen LogP contribution in [-0.2, 0) is 0 Å². The molecule has 142 valence electrons. The maximum absolute atomic E-state index is 14.5.